The van der Waals surface area contributed by atoms with E-state index in [1.54, 1.807) is 0 Å². The lowest BCUT2D eigenvalue weighted by atomic mass is 10.1. The highest BCUT2D eigenvalue weighted by Crippen LogP contribution is 2.13. The van der Waals surface area contributed by atoms with Gasteiger partial charge in [0, 0.05) is 19.3 Å². The fraction of sp³-hybridized carbons (Fsp3) is 0.861. The van der Waals surface area contributed by atoms with Crippen molar-refractivity contribution in [2.45, 2.75) is 161 Å². The van der Waals surface area contributed by atoms with Gasteiger partial charge in [0.15, 0.2) is 12.1 Å². The molecule has 0 rings (SSSR count). The molecule has 0 heterocycles. The average molecular weight is 627 g/mol. The topological polar surface area (TPSA) is 99.1 Å². The molecule has 0 aliphatic rings. The van der Waals surface area contributed by atoms with Crippen LogP contribution < -0.4 is 0 Å². The van der Waals surface area contributed by atoms with Crippen LogP contribution in [0, 0.1) is 0 Å². The Bertz CT molecular complexity index is 747. The van der Waals surface area contributed by atoms with Crippen molar-refractivity contribution in [2.75, 3.05) is 41.0 Å². The van der Waals surface area contributed by atoms with Crippen LogP contribution >= 0.6 is 0 Å². The highest BCUT2D eigenvalue weighted by Gasteiger charge is 2.31. The van der Waals surface area contributed by atoms with Crippen molar-refractivity contribution in [3.63, 3.8) is 0 Å². The lowest BCUT2D eigenvalue weighted by molar-refractivity contribution is -0.887. The minimum atomic E-state index is -0.877. The number of rotatable bonds is 31. The Balaban J connectivity index is 4.48. The number of carboxylic acid groups (broad SMARTS) is 1. The number of esters is 2. The molecule has 258 valence electrons. The van der Waals surface area contributed by atoms with E-state index >= 15 is 0 Å². The van der Waals surface area contributed by atoms with Crippen LogP contribution in [0.15, 0.2) is 12.2 Å². The summed E-state index contributed by atoms with van der Waals surface area (Å²) >= 11 is 0. The quantitative estimate of drug-likeness (QED) is 0.0357. The SMILES string of the molecule is CCCC/C=C\CCCCCCCC(=O)OC(COCCC(C(=O)O)[N+](C)(C)C)COC(=O)CCCCCCCCCCC. The predicted molar refractivity (Wildman–Crippen MR) is 179 cm³/mol. The second-order valence-corrected chi connectivity index (χ2v) is 13.1. The summed E-state index contributed by atoms with van der Waals surface area (Å²) in [4.78, 5) is 36.6. The molecule has 0 saturated carbocycles. The molecule has 0 aromatic heterocycles. The molecule has 0 fully saturated rings. The van der Waals surface area contributed by atoms with E-state index in [2.05, 4.69) is 26.0 Å². The van der Waals surface area contributed by atoms with Gasteiger partial charge in [0.05, 0.1) is 34.4 Å². The molecule has 2 atom stereocenters. The highest BCUT2D eigenvalue weighted by molar-refractivity contribution is 5.72. The smallest absolute Gasteiger partial charge is 0.362 e. The second kappa shape index (κ2) is 28.5. The largest absolute Gasteiger partial charge is 0.477 e. The molecule has 1 N–H and O–H groups in total. The third-order valence-electron chi connectivity index (χ3n) is 7.91. The molecule has 2 unspecified atom stereocenters. The highest BCUT2D eigenvalue weighted by atomic mass is 16.6. The molecule has 8 heteroatoms. The number of nitrogens with zero attached hydrogens (tertiary/aromatic N) is 1. The molecule has 0 aliphatic heterocycles. The first-order valence-corrected chi connectivity index (χ1v) is 17.7. The number of hydrogen-bond donors (Lipinski definition) is 1. The Labute approximate surface area is 269 Å². The molecular formula is C36H68NO7+. The molecule has 0 saturated heterocycles. The van der Waals surface area contributed by atoms with Crippen LogP contribution in [0.1, 0.15) is 149 Å². The minimum Gasteiger partial charge on any atom is -0.477 e. The predicted octanol–water partition coefficient (Wildman–Crippen LogP) is 8.41. The van der Waals surface area contributed by atoms with Gasteiger partial charge in [-0.05, 0) is 32.1 Å². The molecule has 0 spiro atoms. The van der Waals surface area contributed by atoms with Crippen LogP contribution in [-0.4, -0.2) is 80.6 Å². The Morgan fingerprint density at radius 1 is 0.659 bits per heavy atom. The van der Waals surface area contributed by atoms with E-state index in [1.165, 1.54) is 64.2 Å². The summed E-state index contributed by atoms with van der Waals surface area (Å²) in [5.41, 5.74) is 0. The van der Waals surface area contributed by atoms with Crippen molar-refractivity contribution >= 4 is 17.9 Å². The number of allylic oxidation sites excluding steroid dienone is 2. The first-order valence-electron chi connectivity index (χ1n) is 17.7. The summed E-state index contributed by atoms with van der Waals surface area (Å²) in [6.07, 6.45) is 25.4. The van der Waals surface area contributed by atoms with E-state index in [1.807, 2.05) is 21.1 Å². The van der Waals surface area contributed by atoms with E-state index in [-0.39, 0.29) is 36.2 Å². The van der Waals surface area contributed by atoms with Crippen LogP contribution in [0.2, 0.25) is 0 Å². The van der Waals surface area contributed by atoms with E-state index in [0.29, 0.717) is 19.3 Å². The summed E-state index contributed by atoms with van der Waals surface area (Å²) in [6.45, 7) is 4.65. The Morgan fingerprint density at radius 2 is 1.16 bits per heavy atom. The van der Waals surface area contributed by atoms with Gasteiger partial charge in [-0.15, -0.1) is 0 Å². The molecule has 0 radical (unpaired) electrons. The monoisotopic (exact) mass is 626 g/mol. The molecule has 0 aromatic carbocycles. The zero-order valence-corrected chi connectivity index (χ0v) is 29.1. The second-order valence-electron chi connectivity index (χ2n) is 13.1. The van der Waals surface area contributed by atoms with Crippen molar-refractivity contribution in [3.05, 3.63) is 12.2 Å². The lowest BCUT2D eigenvalue weighted by Gasteiger charge is -2.31. The summed E-state index contributed by atoms with van der Waals surface area (Å²) in [5, 5.41) is 9.55. The van der Waals surface area contributed by atoms with Gasteiger partial charge < -0.3 is 23.8 Å². The maximum Gasteiger partial charge on any atom is 0.362 e. The van der Waals surface area contributed by atoms with Crippen molar-refractivity contribution in [1.82, 2.24) is 0 Å². The first-order chi connectivity index (χ1) is 21.1. The van der Waals surface area contributed by atoms with Crippen molar-refractivity contribution < 1.29 is 38.2 Å². The van der Waals surface area contributed by atoms with Crippen molar-refractivity contribution in [2.24, 2.45) is 0 Å². The third-order valence-corrected chi connectivity index (χ3v) is 7.91. The average Bonchev–Trinajstić information content (AvgIpc) is 2.96. The van der Waals surface area contributed by atoms with Crippen LogP contribution in [0.5, 0.6) is 0 Å². The summed E-state index contributed by atoms with van der Waals surface area (Å²) < 4.78 is 17.1. The summed E-state index contributed by atoms with van der Waals surface area (Å²) in [7, 11) is 5.51. The summed E-state index contributed by atoms with van der Waals surface area (Å²) in [5.74, 6) is -1.48. The molecule has 0 aliphatic carbocycles. The van der Waals surface area contributed by atoms with E-state index in [0.717, 1.165) is 51.4 Å². The van der Waals surface area contributed by atoms with Crippen molar-refractivity contribution in [1.29, 1.82) is 0 Å². The van der Waals surface area contributed by atoms with Gasteiger partial charge >= 0.3 is 17.9 Å². The normalized spacial score (nSPS) is 13.2. The Kier molecular flexibility index (Phi) is 27.3. The van der Waals surface area contributed by atoms with E-state index in [9.17, 15) is 19.5 Å². The van der Waals surface area contributed by atoms with E-state index in [4.69, 9.17) is 14.2 Å². The van der Waals surface area contributed by atoms with Gasteiger partial charge in [-0.2, -0.15) is 0 Å². The van der Waals surface area contributed by atoms with Crippen molar-refractivity contribution in [3.8, 4) is 0 Å². The van der Waals surface area contributed by atoms with Crippen LogP contribution in [-0.2, 0) is 28.6 Å². The van der Waals surface area contributed by atoms with Gasteiger partial charge in [-0.25, -0.2) is 4.79 Å². The van der Waals surface area contributed by atoms with Crippen LogP contribution in [0.25, 0.3) is 0 Å². The van der Waals surface area contributed by atoms with Crippen LogP contribution in [0.4, 0.5) is 0 Å². The number of unbranched alkanes of at least 4 members (excludes halogenated alkanes) is 15. The maximum atomic E-state index is 12.6. The molecule has 0 aromatic rings. The number of hydrogen-bond acceptors (Lipinski definition) is 6. The fourth-order valence-corrected chi connectivity index (χ4v) is 5.07. The number of carbonyl (C=O) groups excluding carboxylic acids is 2. The van der Waals surface area contributed by atoms with Gasteiger partial charge in [-0.3, -0.25) is 9.59 Å². The minimum absolute atomic E-state index is 0.0501. The van der Waals surface area contributed by atoms with Gasteiger partial charge in [-0.1, -0.05) is 109 Å². The fourth-order valence-electron chi connectivity index (χ4n) is 5.07. The number of ether oxygens (including phenoxy) is 3. The number of carbonyl (C=O) groups is 3. The van der Waals surface area contributed by atoms with E-state index < -0.39 is 18.1 Å². The van der Waals surface area contributed by atoms with Crippen LogP contribution in [0.3, 0.4) is 0 Å². The number of quaternary nitrogens is 1. The molecular weight excluding hydrogens is 558 g/mol. The van der Waals surface area contributed by atoms with Gasteiger partial charge in [0.25, 0.3) is 0 Å². The Morgan fingerprint density at radius 3 is 1.70 bits per heavy atom. The number of aliphatic carboxylic acids is 1. The standard InChI is InChI=1S/C36H67NO7/c1-6-8-10-12-14-16-17-19-21-23-25-27-35(39)44-32(30-42-29-28-33(36(40)41)37(3,4)5)31-43-34(38)26-24-22-20-18-15-13-11-9-7-2/h12,14,32-33H,6-11,13,15-31H2,1-5H3/p+1/b14-12-. The maximum absolute atomic E-state index is 12.6. The first kappa shape index (κ1) is 42.1. The van der Waals surface area contributed by atoms with Gasteiger partial charge in [0.1, 0.15) is 6.61 Å². The number of likely N-dealkylation sites (N-methyl/N-ethyl adjacent to an activating group) is 1. The third kappa shape index (κ3) is 26.5. The van der Waals surface area contributed by atoms with Gasteiger partial charge in [0.2, 0.25) is 0 Å². The molecule has 0 amide bonds. The molecule has 8 nitrogen and oxygen atoms in total. The number of carboxylic acids is 1. The molecule has 44 heavy (non-hydrogen) atoms. The summed E-state index contributed by atoms with van der Waals surface area (Å²) in [6, 6.07) is -0.609. The zero-order valence-electron chi connectivity index (χ0n) is 29.1. The molecule has 0 bridgehead atoms. The Hall–Kier alpha value is -1.93. The zero-order chi connectivity index (χ0) is 32.9. The lowest BCUT2D eigenvalue weighted by Crippen LogP contribution is -2.50.